The maximum Gasteiger partial charge on any atom is 0.330 e. The Hall–Kier alpha value is -1.32. The van der Waals surface area contributed by atoms with Crippen molar-refractivity contribution in [3.63, 3.8) is 0 Å². The molecule has 0 spiro atoms. The van der Waals surface area contributed by atoms with E-state index in [1.807, 2.05) is 0 Å². The summed E-state index contributed by atoms with van der Waals surface area (Å²) < 4.78 is 4.54. The van der Waals surface area contributed by atoms with Crippen LogP contribution in [0.15, 0.2) is 12.7 Å². The number of ether oxygens (including phenoxy) is 1. The van der Waals surface area contributed by atoms with E-state index in [9.17, 15) is 9.59 Å². The molecule has 0 heterocycles. The number of nitrogens with one attached hydrogen (secondary N) is 1. The predicted molar refractivity (Wildman–Crippen MR) is 53.7 cm³/mol. The van der Waals surface area contributed by atoms with Crippen LogP contribution in [-0.2, 0) is 14.3 Å². The molecule has 0 aromatic rings. The number of hydrogen-bond acceptors (Lipinski definition) is 3. The molecule has 14 heavy (non-hydrogen) atoms. The van der Waals surface area contributed by atoms with Crippen molar-refractivity contribution >= 4 is 11.9 Å². The second-order valence-electron chi connectivity index (χ2n) is 2.87. The van der Waals surface area contributed by atoms with Crippen molar-refractivity contribution in [1.82, 2.24) is 5.32 Å². The van der Waals surface area contributed by atoms with Crippen LogP contribution in [0, 0.1) is 0 Å². The van der Waals surface area contributed by atoms with Gasteiger partial charge in [0.2, 0.25) is 0 Å². The van der Waals surface area contributed by atoms with E-state index in [1.54, 1.807) is 0 Å². The van der Waals surface area contributed by atoms with E-state index in [4.69, 9.17) is 0 Å². The molecule has 80 valence electrons. The van der Waals surface area contributed by atoms with Gasteiger partial charge in [-0.2, -0.15) is 0 Å². The molecule has 0 saturated carbocycles. The van der Waals surface area contributed by atoms with Gasteiger partial charge in [0.1, 0.15) is 0 Å². The van der Waals surface area contributed by atoms with E-state index in [0.717, 1.165) is 25.3 Å². The summed E-state index contributed by atoms with van der Waals surface area (Å²) in [5.41, 5.74) is 0. The molecule has 0 aromatic carbocycles. The Morgan fingerprint density at radius 2 is 2.14 bits per heavy atom. The lowest BCUT2D eigenvalue weighted by molar-refractivity contribution is -0.143. The van der Waals surface area contributed by atoms with Gasteiger partial charge < -0.3 is 10.1 Å². The van der Waals surface area contributed by atoms with Gasteiger partial charge in [0.25, 0.3) is 5.91 Å². The first-order valence-electron chi connectivity index (χ1n) is 4.76. The Bertz CT molecular complexity index is 202. The molecule has 0 aliphatic carbocycles. The molecule has 0 bridgehead atoms. The van der Waals surface area contributed by atoms with Gasteiger partial charge in [0.15, 0.2) is 6.61 Å². The summed E-state index contributed by atoms with van der Waals surface area (Å²) >= 11 is 0. The van der Waals surface area contributed by atoms with E-state index < -0.39 is 5.97 Å². The van der Waals surface area contributed by atoms with Crippen LogP contribution >= 0.6 is 0 Å². The normalized spacial score (nSPS) is 9.21. The summed E-state index contributed by atoms with van der Waals surface area (Å²) in [5, 5.41) is 2.65. The molecule has 4 nitrogen and oxygen atoms in total. The zero-order valence-electron chi connectivity index (χ0n) is 8.54. The number of carbonyl (C=O) groups is 2. The summed E-state index contributed by atoms with van der Waals surface area (Å²) in [6.07, 6.45) is 4.19. The lowest BCUT2D eigenvalue weighted by atomic mass is 10.2. The van der Waals surface area contributed by atoms with Crippen molar-refractivity contribution in [2.45, 2.75) is 26.2 Å². The second-order valence-corrected chi connectivity index (χ2v) is 2.87. The highest BCUT2D eigenvalue weighted by molar-refractivity contribution is 5.85. The first-order chi connectivity index (χ1) is 6.70. The van der Waals surface area contributed by atoms with Gasteiger partial charge in [0.05, 0.1) is 0 Å². The number of unbranched alkanes of at least 4 members (excludes halogenated alkanes) is 2. The molecule has 0 rings (SSSR count). The summed E-state index contributed by atoms with van der Waals surface area (Å²) in [4.78, 5) is 21.6. The molecule has 0 aliphatic heterocycles. The van der Waals surface area contributed by atoms with Crippen molar-refractivity contribution in [1.29, 1.82) is 0 Å². The summed E-state index contributed by atoms with van der Waals surface area (Å²) in [6, 6.07) is 0. The average molecular weight is 199 g/mol. The minimum atomic E-state index is -0.575. The van der Waals surface area contributed by atoms with E-state index in [-0.39, 0.29) is 12.5 Å². The first-order valence-corrected chi connectivity index (χ1v) is 4.76. The Kier molecular flexibility index (Phi) is 7.50. The predicted octanol–water partition coefficient (Wildman–Crippen LogP) is 1.02. The average Bonchev–Trinajstić information content (AvgIpc) is 2.21. The maximum absolute atomic E-state index is 11.0. The molecule has 4 heteroatoms. The van der Waals surface area contributed by atoms with Crippen molar-refractivity contribution in [2.75, 3.05) is 13.2 Å². The van der Waals surface area contributed by atoms with Crippen LogP contribution in [0.25, 0.3) is 0 Å². The molecule has 1 amide bonds. The molecular weight excluding hydrogens is 182 g/mol. The fourth-order valence-electron chi connectivity index (χ4n) is 0.849. The standard InChI is InChI=1S/C10H17NO3/c1-3-5-6-7-11-9(12)8-14-10(13)4-2/h4H,2-3,5-8H2,1H3,(H,11,12). The molecule has 0 unspecified atom stereocenters. The van der Waals surface area contributed by atoms with E-state index in [0.29, 0.717) is 6.54 Å². The fourth-order valence-corrected chi connectivity index (χ4v) is 0.849. The minimum absolute atomic E-state index is 0.225. The topological polar surface area (TPSA) is 55.4 Å². The Morgan fingerprint density at radius 1 is 1.43 bits per heavy atom. The Labute approximate surface area is 84.3 Å². The van der Waals surface area contributed by atoms with Crippen LogP contribution in [0.2, 0.25) is 0 Å². The van der Waals surface area contributed by atoms with Gasteiger partial charge in [-0.1, -0.05) is 26.3 Å². The lowest BCUT2D eigenvalue weighted by Gasteiger charge is -2.04. The molecule has 0 radical (unpaired) electrons. The fraction of sp³-hybridized carbons (Fsp3) is 0.600. The maximum atomic E-state index is 11.0. The highest BCUT2D eigenvalue weighted by Crippen LogP contribution is 1.90. The minimum Gasteiger partial charge on any atom is -0.452 e. The Balaban J connectivity index is 3.37. The van der Waals surface area contributed by atoms with Crippen molar-refractivity contribution in [3.05, 3.63) is 12.7 Å². The molecule has 0 atom stereocenters. The third-order valence-corrected chi connectivity index (χ3v) is 1.61. The highest BCUT2D eigenvalue weighted by atomic mass is 16.5. The summed E-state index contributed by atoms with van der Waals surface area (Å²) in [5.74, 6) is -0.843. The molecule has 0 saturated heterocycles. The number of hydrogen-bond donors (Lipinski definition) is 1. The second kappa shape index (κ2) is 8.29. The van der Waals surface area contributed by atoms with Crippen LogP contribution in [0.1, 0.15) is 26.2 Å². The number of esters is 1. The van der Waals surface area contributed by atoms with Crippen LogP contribution in [0.4, 0.5) is 0 Å². The largest absolute Gasteiger partial charge is 0.452 e. The number of carbonyl (C=O) groups excluding carboxylic acids is 2. The summed E-state index contributed by atoms with van der Waals surface area (Å²) in [6.45, 7) is 5.72. The quantitative estimate of drug-likeness (QED) is 0.378. The third-order valence-electron chi connectivity index (χ3n) is 1.61. The lowest BCUT2D eigenvalue weighted by Crippen LogP contribution is -2.29. The SMILES string of the molecule is C=CC(=O)OCC(=O)NCCCCC. The molecule has 0 fully saturated rings. The zero-order chi connectivity index (χ0) is 10.8. The van der Waals surface area contributed by atoms with E-state index in [2.05, 4.69) is 23.6 Å². The van der Waals surface area contributed by atoms with Crippen molar-refractivity contribution < 1.29 is 14.3 Å². The zero-order valence-corrected chi connectivity index (χ0v) is 8.54. The molecule has 0 aliphatic rings. The van der Waals surface area contributed by atoms with Crippen LogP contribution in [0.5, 0.6) is 0 Å². The van der Waals surface area contributed by atoms with Crippen LogP contribution in [-0.4, -0.2) is 25.0 Å². The number of rotatable bonds is 7. The van der Waals surface area contributed by atoms with E-state index in [1.165, 1.54) is 0 Å². The van der Waals surface area contributed by atoms with Crippen LogP contribution in [0.3, 0.4) is 0 Å². The van der Waals surface area contributed by atoms with E-state index >= 15 is 0 Å². The Morgan fingerprint density at radius 3 is 2.71 bits per heavy atom. The first kappa shape index (κ1) is 12.7. The molecular formula is C10H17NO3. The van der Waals surface area contributed by atoms with Gasteiger partial charge in [-0.25, -0.2) is 4.79 Å². The van der Waals surface area contributed by atoms with Gasteiger partial charge >= 0.3 is 5.97 Å². The smallest absolute Gasteiger partial charge is 0.330 e. The molecule has 0 aromatic heterocycles. The number of amides is 1. The van der Waals surface area contributed by atoms with Gasteiger partial charge in [0, 0.05) is 12.6 Å². The van der Waals surface area contributed by atoms with Crippen molar-refractivity contribution in [2.24, 2.45) is 0 Å². The monoisotopic (exact) mass is 199 g/mol. The third kappa shape index (κ3) is 7.34. The highest BCUT2D eigenvalue weighted by Gasteiger charge is 2.02. The van der Waals surface area contributed by atoms with Crippen molar-refractivity contribution in [3.8, 4) is 0 Å². The van der Waals surface area contributed by atoms with Gasteiger partial charge in [-0.3, -0.25) is 4.79 Å². The summed E-state index contributed by atoms with van der Waals surface area (Å²) in [7, 11) is 0. The van der Waals surface area contributed by atoms with Crippen LogP contribution < -0.4 is 5.32 Å². The van der Waals surface area contributed by atoms with Gasteiger partial charge in [-0.05, 0) is 6.42 Å². The van der Waals surface area contributed by atoms with Gasteiger partial charge in [-0.15, -0.1) is 0 Å². The molecule has 1 N–H and O–H groups in total.